The second-order valence-corrected chi connectivity index (χ2v) is 4.39. The lowest BCUT2D eigenvalue weighted by Crippen LogP contribution is -2.49. The molecule has 0 radical (unpaired) electrons. The number of nitriles is 1. The van der Waals surface area contributed by atoms with Gasteiger partial charge in [0.1, 0.15) is 0 Å². The van der Waals surface area contributed by atoms with Crippen LogP contribution in [-0.4, -0.2) is 48.6 Å². The molecule has 1 fully saturated rings. The molecule has 1 atom stereocenters. The van der Waals surface area contributed by atoms with Crippen molar-refractivity contribution in [3.8, 4) is 6.07 Å². The highest BCUT2D eigenvalue weighted by molar-refractivity contribution is 4.90. The maximum absolute atomic E-state index is 8.82. The number of piperazine rings is 1. The third-order valence-corrected chi connectivity index (χ3v) is 3.22. The van der Waals surface area contributed by atoms with E-state index in [-0.39, 0.29) is 6.04 Å². The highest BCUT2D eigenvalue weighted by Crippen LogP contribution is 2.07. The summed E-state index contributed by atoms with van der Waals surface area (Å²) >= 11 is 0. The van der Waals surface area contributed by atoms with Gasteiger partial charge in [0, 0.05) is 26.2 Å². The lowest BCUT2D eigenvalue weighted by Gasteiger charge is -2.35. The molecule has 3 heteroatoms. The van der Waals surface area contributed by atoms with Crippen LogP contribution in [0.5, 0.6) is 0 Å². The zero-order valence-electron chi connectivity index (χ0n) is 10.1. The number of unbranched alkanes of at least 4 members (excludes halogenated alkanes) is 2. The van der Waals surface area contributed by atoms with Crippen LogP contribution in [0.3, 0.4) is 0 Å². The summed E-state index contributed by atoms with van der Waals surface area (Å²) in [6.07, 6.45) is 3.96. The van der Waals surface area contributed by atoms with E-state index in [0.717, 1.165) is 26.2 Å². The molecule has 1 rings (SSSR count). The standard InChI is InChI=1S/C12H23N3/c1-3-4-5-6-14-7-9-15(10-8-14)12(2)11-13/h12H,3-10H2,1-2H3. The number of hydrogen-bond acceptors (Lipinski definition) is 3. The topological polar surface area (TPSA) is 30.3 Å². The van der Waals surface area contributed by atoms with Gasteiger partial charge in [0.05, 0.1) is 12.1 Å². The van der Waals surface area contributed by atoms with Crippen molar-refractivity contribution in [2.24, 2.45) is 0 Å². The van der Waals surface area contributed by atoms with Crippen molar-refractivity contribution in [3.05, 3.63) is 0 Å². The maximum Gasteiger partial charge on any atom is 0.0950 e. The molecule has 1 aliphatic rings. The molecule has 1 heterocycles. The van der Waals surface area contributed by atoms with Gasteiger partial charge < -0.3 is 4.90 Å². The zero-order valence-corrected chi connectivity index (χ0v) is 10.1. The number of rotatable bonds is 5. The third kappa shape index (κ3) is 4.19. The first kappa shape index (κ1) is 12.5. The van der Waals surface area contributed by atoms with E-state index in [9.17, 15) is 0 Å². The fourth-order valence-corrected chi connectivity index (χ4v) is 2.04. The lowest BCUT2D eigenvalue weighted by atomic mass is 10.2. The molecule has 0 amide bonds. The number of nitrogens with zero attached hydrogens (tertiary/aromatic N) is 3. The van der Waals surface area contributed by atoms with Crippen LogP contribution in [0.1, 0.15) is 33.1 Å². The monoisotopic (exact) mass is 209 g/mol. The molecule has 0 aromatic rings. The van der Waals surface area contributed by atoms with E-state index in [1.165, 1.54) is 25.8 Å². The van der Waals surface area contributed by atoms with E-state index in [1.54, 1.807) is 0 Å². The molecule has 0 bridgehead atoms. The molecule has 0 saturated carbocycles. The average Bonchev–Trinajstić information content (AvgIpc) is 2.29. The molecule has 86 valence electrons. The molecule has 0 N–H and O–H groups in total. The van der Waals surface area contributed by atoms with E-state index in [1.807, 2.05) is 6.92 Å². The Balaban J connectivity index is 2.16. The third-order valence-electron chi connectivity index (χ3n) is 3.22. The van der Waals surface area contributed by atoms with Gasteiger partial charge in [0.25, 0.3) is 0 Å². The van der Waals surface area contributed by atoms with E-state index in [0.29, 0.717) is 0 Å². The summed E-state index contributed by atoms with van der Waals surface area (Å²) < 4.78 is 0. The summed E-state index contributed by atoms with van der Waals surface area (Å²) in [5.74, 6) is 0. The van der Waals surface area contributed by atoms with E-state index in [2.05, 4.69) is 22.8 Å². The molecule has 3 nitrogen and oxygen atoms in total. The highest BCUT2D eigenvalue weighted by Gasteiger charge is 2.19. The van der Waals surface area contributed by atoms with Crippen LogP contribution >= 0.6 is 0 Å². The first-order valence-electron chi connectivity index (χ1n) is 6.14. The molecule has 0 aromatic heterocycles. The van der Waals surface area contributed by atoms with Crippen LogP contribution in [0, 0.1) is 11.3 Å². The van der Waals surface area contributed by atoms with Gasteiger partial charge in [-0.3, -0.25) is 4.90 Å². The Morgan fingerprint density at radius 3 is 2.40 bits per heavy atom. The van der Waals surface area contributed by atoms with Crippen molar-refractivity contribution in [3.63, 3.8) is 0 Å². The fourth-order valence-electron chi connectivity index (χ4n) is 2.04. The first-order chi connectivity index (χ1) is 7.27. The summed E-state index contributed by atoms with van der Waals surface area (Å²) in [7, 11) is 0. The highest BCUT2D eigenvalue weighted by atomic mass is 15.3. The van der Waals surface area contributed by atoms with Crippen LogP contribution in [0.15, 0.2) is 0 Å². The van der Waals surface area contributed by atoms with Gasteiger partial charge in [-0.1, -0.05) is 19.8 Å². The maximum atomic E-state index is 8.82. The van der Waals surface area contributed by atoms with Crippen molar-refractivity contribution < 1.29 is 0 Å². The van der Waals surface area contributed by atoms with Crippen LogP contribution < -0.4 is 0 Å². The van der Waals surface area contributed by atoms with Crippen molar-refractivity contribution in [1.82, 2.24) is 9.80 Å². The van der Waals surface area contributed by atoms with Gasteiger partial charge in [-0.25, -0.2) is 0 Å². The first-order valence-corrected chi connectivity index (χ1v) is 6.14. The summed E-state index contributed by atoms with van der Waals surface area (Å²) in [5.41, 5.74) is 0. The van der Waals surface area contributed by atoms with Gasteiger partial charge in [-0.15, -0.1) is 0 Å². The molecule has 0 spiro atoms. The Kier molecular flexibility index (Phi) is 5.67. The molecule has 0 aromatic carbocycles. The molecule has 1 aliphatic heterocycles. The van der Waals surface area contributed by atoms with Crippen molar-refractivity contribution in [2.75, 3.05) is 32.7 Å². The van der Waals surface area contributed by atoms with Gasteiger partial charge in [-0.2, -0.15) is 5.26 Å². The summed E-state index contributed by atoms with van der Waals surface area (Å²) in [6, 6.07) is 2.40. The molecular formula is C12H23N3. The summed E-state index contributed by atoms with van der Waals surface area (Å²) in [4.78, 5) is 4.80. The normalized spacial score (nSPS) is 21.1. The Labute approximate surface area is 93.7 Å². The Morgan fingerprint density at radius 2 is 1.87 bits per heavy atom. The molecule has 1 saturated heterocycles. The van der Waals surface area contributed by atoms with Gasteiger partial charge in [0.15, 0.2) is 0 Å². The van der Waals surface area contributed by atoms with E-state index < -0.39 is 0 Å². The fraction of sp³-hybridized carbons (Fsp3) is 0.917. The summed E-state index contributed by atoms with van der Waals surface area (Å²) in [5, 5.41) is 8.82. The van der Waals surface area contributed by atoms with Crippen LogP contribution in [0.25, 0.3) is 0 Å². The van der Waals surface area contributed by atoms with Crippen LogP contribution in [0.4, 0.5) is 0 Å². The van der Waals surface area contributed by atoms with Crippen LogP contribution in [0.2, 0.25) is 0 Å². The van der Waals surface area contributed by atoms with Gasteiger partial charge >= 0.3 is 0 Å². The van der Waals surface area contributed by atoms with E-state index in [4.69, 9.17) is 5.26 Å². The minimum absolute atomic E-state index is 0.0859. The smallest absolute Gasteiger partial charge is 0.0950 e. The second kappa shape index (κ2) is 6.81. The van der Waals surface area contributed by atoms with Crippen LogP contribution in [-0.2, 0) is 0 Å². The van der Waals surface area contributed by atoms with Crippen molar-refractivity contribution in [2.45, 2.75) is 39.2 Å². The predicted molar refractivity (Wildman–Crippen MR) is 62.6 cm³/mol. The average molecular weight is 209 g/mol. The summed E-state index contributed by atoms with van der Waals surface area (Å²) in [6.45, 7) is 9.86. The number of hydrogen-bond donors (Lipinski definition) is 0. The lowest BCUT2D eigenvalue weighted by molar-refractivity contribution is 0.118. The Hall–Kier alpha value is -0.590. The Morgan fingerprint density at radius 1 is 1.20 bits per heavy atom. The van der Waals surface area contributed by atoms with Gasteiger partial charge in [0.2, 0.25) is 0 Å². The molecular weight excluding hydrogens is 186 g/mol. The second-order valence-electron chi connectivity index (χ2n) is 4.39. The SMILES string of the molecule is CCCCCN1CCN(C(C)C#N)CC1. The Bertz CT molecular complexity index is 201. The largest absolute Gasteiger partial charge is 0.301 e. The molecule has 1 unspecified atom stereocenters. The minimum Gasteiger partial charge on any atom is -0.301 e. The molecule has 0 aliphatic carbocycles. The van der Waals surface area contributed by atoms with E-state index >= 15 is 0 Å². The van der Waals surface area contributed by atoms with Gasteiger partial charge in [-0.05, 0) is 19.9 Å². The zero-order chi connectivity index (χ0) is 11.1. The predicted octanol–water partition coefficient (Wildman–Crippen LogP) is 1.71. The van der Waals surface area contributed by atoms with Crippen molar-refractivity contribution >= 4 is 0 Å². The van der Waals surface area contributed by atoms with Crippen molar-refractivity contribution in [1.29, 1.82) is 5.26 Å². The quantitative estimate of drug-likeness (QED) is 0.646. The molecule has 15 heavy (non-hydrogen) atoms. The minimum atomic E-state index is 0.0859.